The second kappa shape index (κ2) is 9.55. The zero-order valence-electron chi connectivity index (χ0n) is 20.4. The van der Waals surface area contributed by atoms with Crippen molar-refractivity contribution < 1.29 is 13.9 Å². The molecule has 1 aromatic heterocycles. The van der Waals surface area contributed by atoms with Gasteiger partial charge in [-0.3, -0.25) is 9.59 Å². The minimum absolute atomic E-state index is 0.146. The van der Waals surface area contributed by atoms with Crippen LogP contribution >= 0.6 is 0 Å². The molecular formula is C29H30N2O4. The third-order valence-corrected chi connectivity index (χ3v) is 7.06. The number of hydrogen-bond donors (Lipinski definition) is 0. The van der Waals surface area contributed by atoms with Gasteiger partial charge in [-0.15, -0.1) is 0 Å². The molecule has 2 heterocycles. The number of hydrogen-bond acceptors (Lipinski definition) is 5. The number of amides is 1. The summed E-state index contributed by atoms with van der Waals surface area (Å²) in [6.07, 6.45) is 0.810. The molecule has 180 valence electrons. The van der Waals surface area contributed by atoms with E-state index in [-0.39, 0.29) is 17.1 Å². The van der Waals surface area contributed by atoms with Crippen LogP contribution in [0.3, 0.4) is 0 Å². The van der Waals surface area contributed by atoms with Gasteiger partial charge in [0, 0.05) is 11.9 Å². The highest BCUT2D eigenvalue weighted by Crippen LogP contribution is 2.39. The van der Waals surface area contributed by atoms with Gasteiger partial charge < -0.3 is 19.0 Å². The lowest BCUT2D eigenvalue weighted by atomic mass is 9.97. The maximum atomic E-state index is 13.9. The molecule has 3 aromatic carbocycles. The van der Waals surface area contributed by atoms with E-state index in [2.05, 4.69) is 18.7 Å². The zero-order valence-corrected chi connectivity index (χ0v) is 20.4. The summed E-state index contributed by atoms with van der Waals surface area (Å²) in [6, 6.07) is 18.6. The van der Waals surface area contributed by atoms with Gasteiger partial charge in [0.25, 0.3) is 5.91 Å². The molecule has 0 radical (unpaired) electrons. The Morgan fingerprint density at radius 2 is 1.69 bits per heavy atom. The fourth-order valence-electron chi connectivity index (χ4n) is 5.12. The van der Waals surface area contributed by atoms with Gasteiger partial charge in [-0.25, -0.2) is 0 Å². The third kappa shape index (κ3) is 3.98. The van der Waals surface area contributed by atoms with Gasteiger partial charge in [-0.1, -0.05) is 56.3 Å². The molecule has 0 saturated heterocycles. The van der Waals surface area contributed by atoms with E-state index in [0.29, 0.717) is 23.1 Å². The average molecular weight is 471 g/mol. The van der Waals surface area contributed by atoms with Crippen LogP contribution in [0.2, 0.25) is 0 Å². The summed E-state index contributed by atoms with van der Waals surface area (Å²) < 4.78 is 11.6. The molecule has 4 aromatic rings. The molecular weight excluding hydrogens is 440 g/mol. The number of methoxy groups -OCH3 is 1. The minimum Gasteiger partial charge on any atom is -0.497 e. The molecule has 0 bridgehead atoms. The average Bonchev–Trinajstić information content (AvgIpc) is 3.18. The number of ether oxygens (including phenoxy) is 1. The molecule has 0 aliphatic carbocycles. The molecule has 0 fully saturated rings. The fraction of sp³-hybridized carbons (Fsp3) is 0.310. The van der Waals surface area contributed by atoms with Crippen LogP contribution in [0, 0.1) is 0 Å². The van der Waals surface area contributed by atoms with Crippen molar-refractivity contribution in [1.82, 2.24) is 9.80 Å². The van der Waals surface area contributed by atoms with E-state index in [9.17, 15) is 9.59 Å². The predicted molar refractivity (Wildman–Crippen MR) is 138 cm³/mol. The fourth-order valence-corrected chi connectivity index (χ4v) is 5.12. The Bertz CT molecular complexity index is 1440. The second-order valence-electron chi connectivity index (χ2n) is 8.89. The maximum Gasteiger partial charge on any atom is 0.290 e. The van der Waals surface area contributed by atoms with E-state index in [1.54, 1.807) is 12.0 Å². The summed E-state index contributed by atoms with van der Waals surface area (Å²) in [5.41, 5.74) is 1.62. The van der Waals surface area contributed by atoms with Crippen molar-refractivity contribution in [3.8, 4) is 5.75 Å². The van der Waals surface area contributed by atoms with Crippen molar-refractivity contribution in [1.29, 1.82) is 0 Å². The van der Waals surface area contributed by atoms with Crippen LogP contribution in [0.25, 0.3) is 21.7 Å². The molecule has 6 nitrogen and oxygen atoms in total. The number of carbonyl (C=O) groups excluding carboxylic acids is 1. The summed E-state index contributed by atoms with van der Waals surface area (Å²) in [6.45, 7) is 7.62. The highest BCUT2D eigenvalue weighted by atomic mass is 16.5. The zero-order chi connectivity index (χ0) is 24.5. The van der Waals surface area contributed by atoms with Gasteiger partial charge in [0.2, 0.25) is 5.76 Å². The van der Waals surface area contributed by atoms with Gasteiger partial charge in [-0.2, -0.15) is 0 Å². The molecule has 1 unspecified atom stereocenters. The Kier molecular flexibility index (Phi) is 6.31. The van der Waals surface area contributed by atoms with Crippen molar-refractivity contribution in [3.05, 3.63) is 87.8 Å². The summed E-state index contributed by atoms with van der Waals surface area (Å²) in [4.78, 5) is 31.7. The van der Waals surface area contributed by atoms with E-state index in [4.69, 9.17) is 9.15 Å². The first-order valence-electron chi connectivity index (χ1n) is 12.2. The number of fused-ring (bicyclic) bond motifs is 4. The van der Waals surface area contributed by atoms with Crippen molar-refractivity contribution in [2.45, 2.75) is 26.3 Å². The molecule has 1 amide bonds. The molecule has 0 saturated carbocycles. The molecule has 35 heavy (non-hydrogen) atoms. The SMILES string of the molecule is CCN(CC)CCCN1C(=O)c2oc3c(ccc4ccccc43)c(=O)c2C1c1ccc(OC)cc1. The lowest BCUT2D eigenvalue weighted by Gasteiger charge is -2.26. The summed E-state index contributed by atoms with van der Waals surface area (Å²) in [5.74, 6) is 0.651. The topological polar surface area (TPSA) is 63.0 Å². The third-order valence-electron chi connectivity index (χ3n) is 7.06. The Labute approximate surface area is 204 Å². The van der Waals surface area contributed by atoms with Crippen molar-refractivity contribution in [2.75, 3.05) is 33.3 Å². The van der Waals surface area contributed by atoms with Crippen LogP contribution in [0.5, 0.6) is 5.75 Å². The highest BCUT2D eigenvalue weighted by molar-refractivity contribution is 6.06. The largest absolute Gasteiger partial charge is 0.497 e. The Hall–Kier alpha value is -3.64. The van der Waals surface area contributed by atoms with Crippen LogP contribution < -0.4 is 10.2 Å². The number of rotatable bonds is 8. The van der Waals surface area contributed by atoms with Gasteiger partial charge in [0.1, 0.15) is 11.3 Å². The molecule has 1 aliphatic heterocycles. The van der Waals surface area contributed by atoms with E-state index < -0.39 is 6.04 Å². The lowest BCUT2D eigenvalue weighted by Crippen LogP contribution is -2.33. The predicted octanol–water partition coefficient (Wildman–Crippen LogP) is 5.23. The first-order valence-corrected chi connectivity index (χ1v) is 12.2. The number of carbonyl (C=O) groups is 1. The Morgan fingerprint density at radius 3 is 2.40 bits per heavy atom. The Balaban J connectivity index is 1.64. The van der Waals surface area contributed by atoms with Crippen LogP contribution in [0.4, 0.5) is 0 Å². The van der Waals surface area contributed by atoms with Crippen LogP contribution in [-0.2, 0) is 0 Å². The smallest absolute Gasteiger partial charge is 0.290 e. The quantitative estimate of drug-likeness (QED) is 0.330. The van der Waals surface area contributed by atoms with Gasteiger partial charge in [0.15, 0.2) is 5.43 Å². The summed E-state index contributed by atoms with van der Waals surface area (Å²) >= 11 is 0. The van der Waals surface area contributed by atoms with Crippen LogP contribution in [-0.4, -0.2) is 49.0 Å². The normalized spacial score (nSPS) is 15.4. The van der Waals surface area contributed by atoms with Crippen LogP contribution in [0.1, 0.15) is 48.0 Å². The van der Waals surface area contributed by atoms with Crippen molar-refractivity contribution in [3.63, 3.8) is 0 Å². The first kappa shape index (κ1) is 23.1. The second-order valence-corrected chi connectivity index (χ2v) is 8.89. The van der Waals surface area contributed by atoms with Gasteiger partial charge in [0.05, 0.1) is 24.1 Å². The van der Waals surface area contributed by atoms with Crippen LogP contribution in [0.15, 0.2) is 69.9 Å². The van der Waals surface area contributed by atoms with Gasteiger partial charge >= 0.3 is 0 Å². The molecule has 0 N–H and O–H groups in total. The molecule has 0 spiro atoms. The number of benzene rings is 3. The van der Waals surface area contributed by atoms with E-state index in [1.165, 1.54) is 0 Å². The van der Waals surface area contributed by atoms with E-state index >= 15 is 0 Å². The highest BCUT2D eigenvalue weighted by Gasteiger charge is 2.42. The molecule has 6 heteroatoms. The maximum absolute atomic E-state index is 13.9. The number of nitrogens with zero attached hydrogens (tertiary/aromatic N) is 2. The van der Waals surface area contributed by atoms with Gasteiger partial charge in [-0.05, 0) is 55.2 Å². The van der Waals surface area contributed by atoms with Crippen molar-refractivity contribution in [2.24, 2.45) is 0 Å². The summed E-state index contributed by atoms with van der Waals surface area (Å²) in [7, 11) is 1.62. The molecule has 1 atom stereocenters. The molecule has 5 rings (SSSR count). The van der Waals surface area contributed by atoms with E-state index in [1.807, 2.05) is 60.7 Å². The standard InChI is InChI=1S/C29H30N2O4/c1-4-30(5-2)17-8-18-31-25(20-11-14-21(34-3)15-12-20)24-26(32)23-16-13-19-9-6-7-10-22(19)27(23)35-28(24)29(31)33/h6-7,9-16,25H,4-5,8,17-18H2,1-3H3. The summed E-state index contributed by atoms with van der Waals surface area (Å²) in [5, 5.41) is 2.30. The molecule has 1 aliphatic rings. The van der Waals surface area contributed by atoms with Crippen molar-refractivity contribution >= 4 is 27.6 Å². The van der Waals surface area contributed by atoms with E-state index in [0.717, 1.165) is 48.1 Å². The minimum atomic E-state index is -0.493. The lowest BCUT2D eigenvalue weighted by molar-refractivity contribution is 0.0720. The Morgan fingerprint density at radius 1 is 0.943 bits per heavy atom. The first-order chi connectivity index (χ1) is 17.1. The monoisotopic (exact) mass is 470 g/mol.